The van der Waals surface area contributed by atoms with Gasteiger partial charge in [-0.05, 0) is 72.0 Å². The quantitative estimate of drug-likeness (QED) is 0.165. The molecule has 37 heavy (non-hydrogen) atoms. The maximum atomic E-state index is 14.2. The number of carbonyl (C=O) groups excluding carboxylic acids is 1. The van der Waals surface area contributed by atoms with Crippen LogP contribution in [0.15, 0.2) is 114 Å². The summed E-state index contributed by atoms with van der Waals surface area (Å²) in [4.78, 5) is 14.2. The first kappa shape index (κ1) is 26.4. The molecule has 0 unspecified atom stereocenters. The molecular formula is C31H28ClNO3S. The van der Waals surface area contributed by atoms with Crippen molar-refractivity contribution in [2.75, 3.05) is 4.31 Å². The Hall–Kier alpha value is -3.67. The van der Waals surface area contributed by atoms with Gasteiger partial charge in [-0.25, -0.2) is 8.42 Å². The fourth-order valence-electron chi connectivity index (χ4n) is 3.97. The number of hydrogen-bond acceptors (Lipinski definition) is 3. The zero-order chi connectivity index (χ0) is 26.3. The van der Waals surface area contributed by atoms with Crippen molar-refractivity contribution >= 4 is 44.9 Å². The molecule has 0 bridgehead atoms. The van der Waals surface area contributed by atoms with Crippen molar-refractivity contribution in [1.82, 2.24) is 0 Å². The second-order valence-electron chi connectivity index (χ2n) is 8.63. The largest absolute Gasteiger partial charge is 0.272 e. The number of amides is 1. The van der Waals surface area contributed by atoms with Crippen LogP contribution in [0.5, 0.6) is 0 Å². The molecule has 4 aromatic rings. The molecule has 0 fully saturated rings. The molecule has 4 aromatic carbocycles. The predicted molar refractivity (Wildman–Crippen MR) is 152 cm³/mol. The Morgan fingerprint density at radius 1 is 0.811 bits per heavy atom. The van der Waals surface area contributed by atoms with Crippen LogP contribution >= 0.6 is 11.6 Å². The minimum absolute atomic E-state index is 0.0209. The third-order valence-electron chi connectivity index (χ3n) is 5.95. The van der Waals surface area contributed by atoms with Crippen molar-refractivity contribution in [3.8, 4) is 0 Å². The standard InChI is InChI=1S/C31H28ClNO3S/c1-2-3-10-24-15-19-28(20-16-24)33(37(35,36)29-21-17-27(32)18-22-29)31(34)30(26-13-8-5-9-14-26)23-25-11-6-4-7-12-25/h4-9,11-23H,2-3,10H2,1H3/b30-23+. The van der Waals surface area contributed by atoms with Crippen LogP contribution in [0, 0.1) is 0 Å². The molecule has 0 N–H and O–H groups in total. The molecule has 0 aliphatic carbocycles. The van der Waals surface area contributed by atoms with E-state index in [1.54, 1.807) is 30.3 Å². The fourth-order valence-corrected chi connectivity index (χ4v) is 5.50. The van der Waals surface area contributed by atoms with Gasteiger partial charge in [0.25, 0.3) is 15.9 Å². The molecule has 6 heteroatoms. The normalized spacial score (nSPS) is 11.8. The Morgan fingerprint density at radius 2 is 1.41 bits per heavy atom. The van der Waals surface area contributed by atoms with Gasteiger partial charge >= 0.3 is 0 Å². The highest BCUT2D eigenvalue weighted by Gasteiger charge is 2.33. The highest BCUT2D eigenvalue weighted by molar-refractivity contribution is 7.93. The summed E-state index contributed by atoms with van der Waals surface area (Å²) in [6, 6.07) is 31.5. The van der Waals surface area contributed by atoms with Gasteiger partial charge in [-0.2, -0.15) is 4.31 Å². The summed E-state index contributed by atoms with van der Waals surface area (Å²) in [7, 11) is -4.26. The Morgan fingerprint density at radius 3 is 2.00 bits per heavy atom. The molecule has 0 aromatic heterocycles. The number of carbonyl (C=O) groups is 1. The number of nitrogens with zero attached hydrogens (tertiary/aromatic N) is 1. The molecule has 4 rings (SSSR count). The Balaban J connectivity index is 1.87. The van der Waals surface area contributed by atoms with Gasteiger partial charge in [0.2, 0.25) is 0 Å². The predicted octanol–water partition coefficient (Wildman–Crippen LogP) is 7.65. The van der Waals surface area contributed by atoms with Crippen molar-refractivity contribution < 1.29 is 13.2 Å². The summed E-state index contributed by atoms with van der Waals surface area (Å²) in [5.41, 5.74) is 3.03. The number of sulfonamides is 1. The highest BCUT2D eigenvalue weighted by Crippen LogP contribution is 2.31. The molecule has 0 aliphatic heterocycles. The van der Waals surface area contributed by atoms with Gasteiger partial charge in [0, 0.05) is 10.6 Å². The van der Waals surface area contributed by atoms with Crippen LogP contribution < -0.4 is 4.31 Å². The Kier molecular flexibility index (Phi) is 8.59. The van der Waals surface area contributed by atoms with Crippen molar-refractivity contribution in [3.05, 3.63) is 131 Å². The number of aryl methyl sites for hydroxylation is 1. The van der Waals surface area contributed by atoms with E-state index in [-0.39, 0.29) is 16.2 Å². The van der Waals surface area contributed by atoms with Crippen LogP contribution in [-0.4, -0.2) is 14.3 Å². The van der Waals surface area contributed by atoms with Gasteiger partial charge in [0.1, 0.15) is 0 Å². The van der Waals surface area contributed by atoms with E-state index in [0.717, 1.165) is 34.7 Å². The zero-order valence-corrected chi connectivity index (χ0v) is 22.1. The molecule has 0 spiro atoms. The summed E-state index contributed by atoms with van der Waals surface area (Å²) in [5.74, 6) is -0.647. The average Bonchev–Trinajstić information content (AvgIpc) is 2.92. The molecule has 0 saturated heterocycles. The van der Waals surface area contributed by atoms with Crippen molar-refractivity contribution in [2.45, 2.75) is 31.1 Å². The van der Waals surface area contributed by atoms with E-state index in [9.17, 15) is 13.2 Å². The van der Waals surface area contributed by atoms with Crippen molar-refractivity contribution in [1.29, 1.82) is 0 Å². The summed E-state index contributed by atoms with van der Waals surface area (Å²) in [6.07, 6.45) is 4.70. The molecule has 0 atom stereocenters. The topological polar surface area (TPSA) is 54.5 Å². The number of anilines is 1. The van der Waals surface area contributed by atoms with E-state index in [0.29, 0.717) is 10.6 Å². The van der Waals surface area contributed by atoms with Gasteiger partial charge in [-0.1, -0.05) is 97.7 Å². The van der Waals surface area contributed by atoms with Crippen molar-refractivity contribution in [3.63, 3.8) is 0 Å². The summed E-state index contributed by atoms with van der Waals surface area (Å²) in [6.45, 7) is 2.12. The van der Waals surface area contributed by atoms with E-state index in [2.05, 4.69) is 6.92 Å². The van der Waals surface area contributed by atoms with E-state index in [1.165, 1.54) is 24.3 Å². The van der Waals surface area contributed by atoms with Crippen LogP contribution in [0.3, 0.4) is 0 Å². The maximum absolute atomic E-state index is 14.2. The third kappa shape index (κ3) is 6.37. The maximum Gasteiger partial charge on any atom is 0.272 e. The third-order valence-corrected chi connectivity index (χ3v) is 7.93. The molecule has 188 valence electrons. The minimum atomic E-state index is -4.26. The average molecular weight is 530 g/mol. The smallest absolute Gasteiger partial charge is 0.268 e. The Bertz CT molecular complexity index is 1470. The molecule has 0 saturated carbocycles. The SMILES string of the molecule is CCCCc1ccc(N(C(=O)/C(=C/c2ccccc2)c2ccccc2)S(=O)(=O)c2ccc(Cl)cc2)cc1. The van der Waals surface area contributed by atoms with Crippen LogP contribution in [0.2, 0.25) is 5.02 Å². The molecule has 0 heterocycles. The fraction of sp³-hybridized carbons (Fsp3) is 0.129. The summed E-state index contributed by atoms with van der Waals surface area (Å²) in [5, 5.41) is 0.408. The van der Waals surface area contributed by atoms with Crippen LogP contribution in [0.4, 0.5) is 5.69 Å². The molecule has 0 radical (unpaired) electrons. The van der Waals surface area contributed by atoms with Crippen LogP contribution in [0.1, 0.15) is 36.5 Å². The van der Waals surface area contributed by atoms with E-state index >= 15 is 0 Å². The molecule has 1 amide bonds. The number of hydrogen-bond donors (Lipinski definition) is 0. The van der Waals surface area contributed by atoms with Crippen LogP contribution in [-0.2, 0) is 21.2 Å². The number of halogens is 1. The molecule has 4 nitrogen and oxygen atoms in total. The van der Waals surface area contributed by atoms with E-state index in [1.807, 2.05) is 60.7 Å². The van der Waals surface area contributed by atoms with Crippen LogP contribution in [0.25, 0.3) is 11.6 Å². The first-order valence-corrected chi connectivity index (χ1v) is 14.0. The lowest BCUT2D eigenvalue weighted by Crippen LogP contribution is -2.37. The van der Waals surface area contributed by atoms with E-state index in [4.69, 9.17) is 11.6 Å². The van der Waals surface area contributed by atoms with E-state index < -0.39 is 15.9 Å². The lowest BCUT2D eigenvalue weighted by molar-refractivity contribution is -0.112. The lowest BCUT2D eigenvalue weighted by Gasteiger charge is -2.24. The van der Waals surface area contributed by atoms with Gasteiger partial charge < -0.3 is 0 Å². The summed E-state index contributed by atoms with van der Waals surface area (Å²) >= 11 is 6.02. The van der Waals surface area contributed by atoms with Gasteiger partial charge in [-0.15, -0.1) is 0 Å². The second-order valence-corrected chi connectivity index (χ2v) is 10.9. The van der Waals surface area contributed by atoms with Crippen molar-refractivity contribution in [2.24, 2.45) is 0 Å². The lowest BCUT2D eigenvalue weighted by atomic mass is 10.0. The van der Waals surface area contributed by atoms with Gasteiger partial charge in [0.05, 0.1) is 10.6 Å². The number of rotatable bonds is 9. The van der Waals surface area contributed by atoms with Gasteiger partial charge in [-0.3, -0.25) is 4.79 Å². The molecular weight excluding hydrogens is 502 g/mol. The number of unbranched alkanes of at least 4 members (excludes halogenated alkanes) is 1. The highest BCUT2D eigenvalue weighted by atomic mass is 35.5. The first-order valence-electron chi connectivity index (χ1n) is 12.2. The second kappa shape index (κ2) is 12.0. The van der Waals surface area contributed by atoms with Gasteiger partial charge in [0.15, 0.2) is 0 Å². The summed E-state index contributed by atoms with van der Waals surface area (Å²) < 4.78 is 28.8. The number of benzene rings is 4. The Labute approximate surface area is 223 Å². The first-order chi connectivity index (χ1) is 17.9. The zero-order valence-electron chi connectivity index (χ0n) is 20.5. The molecule has 0 aliphatic rings. The minimum Gasteiger partial charge on any atom is -0.268 e. The monoisotopic (exact) mass is 529 g/mol.